The Balaban J connectivity index is 2.26. The average molecular weight is 340 g/mol. The van der Waals surface area contributed by atoms with Gasteiger partial charge in [0.1, 0.15) is 12.1 Å². The maximum atomic E-state index is 14.1. The third-order valence-corrected chi connectivity index (χ3v) is 3.64. The molecule has 1 unspecified atom stereocenters. The minimum Gasteiger partial charge on any atom is -0.481 e. The van der Waals surface area contributed by atoms with Crippen LogP contribution in [0.1, 0.15) is 17.3 Å². The van der Waals surface area contributed by atoms with Gasteiger partial charge in [-0.05, 0) is 29.0 Å². The molecule has 1 heterocycles. The lowest BCUT2D eigenvalue weighted by atomic mass is 10.0. The molecule has 6 heteroatoms. The molecule has 20 heavy (non-hydrogen) atoms. The van der Waals surface area contributed by atoms with Crippen molar-refractivity contribution < 1.29 is 9.13 Å². The van der Waals surface area contributed by atoms with Gasteiger partial charge >= 0.3 is 0 Å². The van der Waals surface area contributed by atoms with Crippen LogP contribution >= 0.6 is 15.9 Å². The molecule has 0 saturated carbocycles. The minimum absolute atomic E-state index is 0.174. The van der Waals surface area contributed by atoms with Crippen LogP contribution in [0.2, 0.25) is 0 Å². The second kappa shape index (κ2) is 6.76. The first-order valence-corrected chi connectivity index (χ1v) is 6.91. The van der Waals surface area contributed by atoms with Gasteiger partial charge in [0, 0.05) is 29.8 Å². The Bertz CT molecular complexity index is 594. The van der Waals surface area contributed by atoms with Crippen molar-refractivity contribution in [1.82, 2.24) is 15.3 Å². The van der Waals surface area contributed by atoms with E-state index in [4.69, 9.17) is 4.74 Å². The molecule has 1 N–H and O–H groups in total. The van der Waals surface area contributed by atoms with Crippen LogP contribution in [0.25, 0.3) is 0 Å². The first-order valence-electron chi connectivity index (χ1n) is 6.11. The number of benzene rings is 1. The van der Waals surface area contributed by atoms with E-state index in [2.05, 4.69) is 31.2 Å². The topological polar surface area (TPSA) is 47.0 Å². The van der Waals surface area contributed by atoms with Gasteiger partial charge in [-0.3, -0.25) is 0 Å². The first kappa shape index (κ1) is 14.9. The normalized spacial score (nSPS) is 12.2. The lowest BCUT2D eigenvalue weighted by molar-refractivity contribution is 0.395. The number of likely N-dealkylation sites (N-methyl/N-ethyl adjacent to an activating group) is 1. The molecule has 0 fully saturated rings. The smallest absolute Gasteiger partial charge is 0.216 e. The number of rotatable bonds is 5. The van der Waals surface area contributed by atoms with E-state index in [1.54, 1.807) is 32.4 Å². The monoisotopic (exact) mass is 339 g/mol. The summed E-state index contributed by atoms with van der Waals surface area (Å²) in [4.78, 5) is 8.15. The fourth-order valence-corrected chi connectivity index (χ4v) is 2.35. The van der Waals surface area contributed by atoms with Crippen molar-refractivity contribution in [3.8, 4) is 5.88 Å². The molecule has 1 atom stereocenters. The molecular formula is C14H15BrFN3O. The summed E-state index contributed by atoms with van der Waals surface area (Å²) < 4.78 is 19.7. The van der Waals surface area contributed by atoms with Crippen LogP contribution in [-0.4, -0.2) is 24.1 Å². The van der Waals surface area contributed by atoms with E-state index in [1.807, 2.05) is 6.07 Å². The molecular weight excluding hydrogens is 325 g/mol. The predicted octanol–water partition coefficient (Wildman–Crippen LogP) is 2.89. The summed E-state index contributed by atoms with van der Waals surface area (Å²) in [6, 6.07) is 6.83. The van der Waals surface area contributed by atoms with E-state index in [9.17, 15) is 4.39 Å². The first-order chi connectivity index (χ1) is 9.65. The number of nitrogens with one attached hydrogen (secondary N) is 1. The van der Waals surface area contributed by atoms with Crippen molar-refractivity contribution >= 4 is 15.9 Å². The molecule has 0 aliphatic heterocycles. The van der Waals surface area contributed by atoms with Gasteiger partial charge in [-0.25, -0.2) is 14.4 Å². The Hall–Kier alpha value is -1.53. The van der Waals surface area contributed by atoms with Gasteiger partial charge in [-0.1, -0.05) is 12.1 Å². The third kappa shape index (κ3) is 3.32. The second-order valence-corrected chi connectivity index (χ2v) is 5.09. The fourth-order valence-electron chi connectivity index (χ4n) is 1.97. The summed E-state index contributed by atoms with van der Waals surface area (Å²) in [6.45, 7) is 0. The molecule has 4 nitrogen and oxygen atoms in total. The van der Waals surface area contributed by atoms with Crippen LogP contribution < -0.4 is 10.1 Å². The molecule has 106 valence electrons. The number of hydrogen-bond donors (Lipinski definition) is 1. The Morgan fingerprint density at radius 2 is 2.20 bits per heavy atom. The number of nitrogens with zero attached hydrogens (tertiary/aromatic N) is 2. The summed E-state index contributed by atoms with van der Waals surface area (Å²) in [6.07, 6.45) is 1.99. The molecule has 0 aliphatic carbocycles. The SMILES string of the molecule is CNC(Cc1cc(OC)ncn1)c1cccc(Br)c1F. The van der Waals surface area contributed by atoms with E-state index in [1.165, 1.54) is 6.33 Å². The molecule has 0 amide bonds. The Morgan fingerprint density at radius 3 is 2.90 bits per heavy atom. The van der Waals surface area contributed by atoms with E-state index in [-0.39, 0.29) is 11.9 Å². The molecule has 0 saturated heterocycles. The van der Waals surface area contributed by atoms with Gasteiger partial charge in [-0.15, -0.1) is 0 Å². The molecule has 0 bridgehead atoms. The van der Waals surface area contributed by atoms with E-state index in [0.717, 1.165) is 5.69 Å². The molecule has 1 aromatic carbocycles. The van der Waals surface area contributed by atoms with E-state index >= 15 is 0 Å². The quantitative estimate of drug-likeness (QED) is 0.909. The van der Waals surface area contributed by atoms with Gasteiger partial charge in [0.25, 0.3) is 0 Å². The second-order valence-electron chi connectivity index (χ2n) is 4.24. The predicted molar refractivity (Wildman–Crippen MR) is 78.2 cm³/mol. The van der Waals surface area contributed by atoms with Crippen LogP contribution in [0.4, 0.5) is 4.39 Å². The average Bonchev–Trinajstić information content (AvgIpc) is 2.48. The number of methoxy groups -OCH3 is 1. The lowest BCUT2D eigenvalue weighted by Crippen LogP contribution is -2.20. The van der Waals surface area contributed by atoms with Crippen molar-refractivity contribution in [2.45, 2.75) is 12.5 Å². The zero-order valence-electron chi connectivity index (χ0n) is 11.2. The van der Waals surface area contributed by atoms with Crippen molar-refractivity contribution in [3.05, 3.63) is 52.1 Å². The summed E-state index contributed by atoms with van der Waals surface area (Å²) in [7, 11) is 3.35. The van der Waals surface area contributed by atoms with Crippen molar-refractivity contribution in [3.63, 3.8) is 0 Å². The molecule has 2 aromatic rings. The third-order valence-electron chi connectivity index (χ3n) is 3.03. The van der Waals surface area contributed by atoms with Crippen LogP contribution in [0.3, 0.4) is 0 Å². The highest BCUT2D eigenvalue weighted by atomic mass is 79.9. The standard InChI is InChI=1S/C14H15BrFN3O/c1-17-12(10-4-3-5-11(15)14(10)16)6-9-7-13(20-2)19-8-18-9/h3-5,7-8,12,17H,6H2,1-2H3. The Morgan fingerprint density at radius 1 is 1.40 bits per heavy atom. The lowest BCUT2D eigenvalue weighted by Gasteiger charge is -2.17. The highest BCUT2D eigenvalue weighted by Gasteiger charge is 2.17. The summed E-state index contributed by atoms with van der Waals surface area (Å²) in [5.41, 5.74) is 1.38. The molecule has 0 spiro atoms. The summed E-state index contributed by atoms with van der Waals surface area (Å²) >= 11 is 3.20. The van der Waals surface area contributed by atoms with Crippen molar-refractivity contribution in [2.24, 2.45) is 0 Å². The summed E-state index contributed by atoms with van der Waals surface area (Å²) in [5, 5.41) is 3.11. The highest BCUT2D eigenvalue weighted by Crippen LogP contribution is 2.26. The fraction of sp³-hybridized carbons (Fsp3) is 0.286. The molecule has 1 aromatic heterocycles. The van der Waals surface area contributed by atoms with Crippen LogP contribution in [0.15, 0.2) is 35.1 Å². The maximum Gasteiger partial charge on any atom is 0.216 e. The van der Waals surface area contributed by atoms with Crippen LogP contribution in [0, 0.1) is 5.82 Å². The largest absolute Gasteiger partial charge is 0.481 e. The van der Waals surface area contributed by atoms with Gasteiger partial charge in [0.2, 0.25) is 5.88 Å². The molecule has 0 radical (unpaired) electrons. The van der Waals surface area contributed by atoms with E-state index < -0.39 is 0 Å². The summed E-state index contributed by atoms with van der Waals surface area (Å²) in [5.74, 6) is 0.243. The van der Waals surface area contributed by atoms with Crippen molar-refractivity contribution in [1.29, 1.82) is 0 Å². The number of ether oxygens (including phenoxy) is 1. The van der Waals surface area contributed by atoms with Gasteiger partial charge in [0.15, 0.2) is 0 Å². The number of halogens is 2. The number of aromatic nitrogens is 2. The van der Waals surface area contributed by atoms with Crippen LogP contribution in [-0.2, 0) is 6.42 Å². The van der Waals surface area contributed by atoms with Gasteiger partial charge < -0.3 is 10.1 Å². The van der Waals surface area contributed by atoms with E-state index in [0.29, 0.717) is 22.3 Å². The molecule has 2 rings (SSSR count). The highest BCUT2D eigenvalue weighted by molar-refractivity contribution is 9.10. The number of hydrogen-bond acceptors (Lipinski definition) is 4. The van der Waals surface area contributed by atoms with Crippen LogP contribution in [0.5, 0.6) is 5.88 Å². The molecule has 0 aliphatic rings. The Labute approximate surface area is 125 Å². The van der Waals surface area contributed by atoms with Gasteiger partial charge in [-0.2, -0.15) is 0 Å². The maximum absolute atomic E-state index is 14.1. The minimum atomic E-state index is -0.257. The zero-order chi connectivity index (χ0) is 14.5. The Kier molecular flexibility index (Phi) is 5.03. The van der Waals surface area contributed by atoms with Crippen molar-refractivity contribution in [2.75, 3.05) is 14.2 Å². The zero-order valence-corrected chi connectivity index (χ0v) is 12.8. The van der Waals surface area contributed by atoms with Gasteiger partial charge in [0.05, 0.1) is 11.6 Å².